The Balaban J connectivity index is -0.000000173. The van der Waals surface area contributed by atoms with Crippen LogP contribution in [0, 0.1) is 0 Å². The van der Waals surface area contributed by atoms with E-state index in [4.69, 9.17) is 33.1 Å². The SMILES string of the molecule is Cl.NCCCC(N)(C(=O)O)C(F)F.NCCCC(N)(C(=O)O)C(F)F.O. The summed E-state index contributed by atoms with van der Waals surface area (Å²) in [6.45, 7) is 0.303. The van der Waals surface area contributed by atoms with Gasteiger partial charge in [-0.25, -0.2) is 27.2 Å². The summed E-state index contributed by atoms with van der Waals surface area (Å²) in [4.78, 5) is 20.6. The smallest absolute Gasteiger partial charge is 0.329 e. The summed E-state index contributed by atoms with van der Waals surface area (Å²) in [6.07, 6.45) is -6.41. The Morgan fingerprint density at radius 3 is 1.15 bits per heavy atom. The number of rotatable bonds is 10. The highest BCUT2D eigenvalue weighted by Gasteiger charge is 2.43. The fourth-order valence-corrected chi connectivity index (χ4v) is 1.41. The van der Waals surface area contributed by atoms with E-state index in [0.717, 1.165) is 0 Å². The Bertz CT molecular complexity index is 376. The summed E-state index contributed by atoms with van der Waals surface area (Å²) >= 11 is 0. The highest BCUT2D eigenvalue weighted by Crippen LogP contribution is 2.19. The Morgan fingerprint density at radius 2 is 1.04 bits per heavy atom. The Labute approximate surface area is 153 Å². The largest absolute Gasteiger partial charge is 0.480 e. The minimum atomic E-state index is -3.07. The van der Waals surface area contributed by atoms with Crippen molar-refractivity contribution in [2.75, 3.05) is 13.1 Å². The van der Waals surface area contributed by atoms with Gasteiger partial charge in [0.2, 0.25) is 0 Å². The highest BCUT2D eigenvalue weighted by molar-refractivity contribution is 5.85. The minimum absolute atomic E-state index is 0. The van der Waals surface area contributed by atoms with Crippen LogP contribution in [0.4, 0.5) is 17.6 Å². The molecule has 0 aliphatic rings. The van der Waals surface area contributed by atoms with Crippen LogP contribution in [0.1, 0.15) is 25.7 Å². The van der Waals surface area contributed by atoms with Crippen LogP contribution in [0.25, 0.3) is 0 Å². The second-order valence-electron chi connectivity index (χ2n) is 5.08. The van der Waals surface area contributed by atoms with Crippen LogP contribution < -0.4 is 22.9 Å². The number of halogens is 5. The predicted molar refractivity (Wildman–Crippen MR) is 88.6 cm³/mol. The number of hydrogen-bond acceptors (Lipinski definition) is 6. The second-order valence-corrected chi connectivity index (χ2v) is 5.08. The average molecular weight is 419 g/mol. The van der Waals surface area contributed by atoms with Crippen LogP contribution in [0.5, 0.6) is 0 Å². The van der Waals surface area contributed by atoms with Gasteiger partial charge >= 0.3 is 11.9 Å². The lowest BCUT2D eigenvalue weighted by molar-refractivity contribution is -0.151. The van der Waals surface area contributed by atoms with Gasteiger partial charge < -0.3 is 38.6 Å². The van der Waals surface area contributed by atoms with E-state index in [-0.39, 0.29) is 56.7 Å². The molecule has 0 aliphatic carbocycles. The second kappa shape index (κ2) is 14.9. The van der Waals surface area contributed by atoms with Crippen molar-refractivity contribution < 1.29 is 42.8 Å². The molecule has 0 fully saturated rings. The third-order valence-electron chi connectivity index (χ3n) is 3.16. The summed E-state index contributed by atoms with van der Waals surface area (Å²) in [5, 5.41) is 16.8. The number of aliphatic carboxylic acids is 2. The molecule has 0 amide bonds. The average Bonchev–Trinajstić information content (AvgIpc) is 2.49. The van der Waals surface area contributed by atoms with Gasteiger partial charge in [0.15, 0.2) is 11.1 Å². The van der Waals surface area contributed by atoms with Gasteiger partial charge in [0.25, 0.3) is 12.9 Å². The quantitative estimate of drug-likeness (QED) is 0.245. The van der Waals surface area contributed by atoms with Crippen molar-refractivity contribution in [3.8, 4) is 0 Å². The lowest BCUT2D eigenvalue weighted by atomic mass is 9.95. The molecule has 0 spiro atoms. The van der Waals surface area contributed by atoms with Crippen LogP contribution >= 0.6 is 12.4 Å². The third kappa shape index (κ3) is 10.0. The van der Waals surface area contributed by atoms with E-state index in [0.29, 0.717) is 0 Å². The van der Waals surface area contributed by atoms with Crippen molar-refractivity contribution in [2.24, 2.45) is 22.9 Å². The summed E-state index contributed by atoms with van der Waals surface area (Å²) in [5.41, 5.74) is 15.1. The molecular weight excluding hydrogens is 392 g/mol. The molecule has 2 unspecified atom stereocenters. The van der Waals surface area contributed by atoms with E-state index < -0.39 is 35.9 Å². The first-order valence-corrected chi connectivity index (χ1v) is 6.91. The molecule has 0 bridgehead atoms. The topological polar surface area (TPSA) is 210 Å². The lowest BCUT2D eigenvalue weighted by Crippen LogP contribution is -2.54. The van der Waals surface area contributed by atoms with E-state index in [2.05, 4.69) is 0 Å². The number of carboxylic acids is 2. The normalized spacial score (nSPS) is 14.8. The minimum Gasteiger partial charge on any atom is -0.480 e. The monoisotopic (exact) mass is 418 g/mol. The number of hydrogen-bond donors (Lipinski definition) is 6. The maximum absolute atomic E-state index is 12.1. The number of alkyl halides is 4. The third-order valence-corrected chi connectivity index (χ3v) is 3.16. The Hall–Kier alpha value is -1.25. The summed E-state index contributed by atoms with van der Waals surface area (Å²) in [7, 11) is 0. The van der Waals surface area contributed by atoms with E-state index in [1.807, 2.05) is 0 Å². The van der Waals surface area contributed by atoms with Crippen LogP contribution in [-0.4, -0.2) is 64.6 Å². The zero-order valence-corrected chi connectivity index (χ0v) is 14.7. The van der Waals surface area contributed by atoms with Gasteiger partial charge in [-0.15, -0.1) is 12.4 Å². The van der Waals surface area contributed by atoms with Crippen molar-refractivity contribution in [2.45, 2.75) is 49.6 Å². The first-order chi connectivity index (χ1) is 10.9. The first kappa shape index (κ1) is 32.4. The van der Waals surface area contributed by atoms with Crippen molar-refractivity contribution >= 4 is 24.3 Å². The summed E-state index contributed by atoms with van der Waals surface area (Å²) in [5.74, 6) is -3.38. The molecule has 160 valence electrons. The van der Waals surface area contributed by atoms with Crippen LogP contribution in [0.2, 0.25) is 0 Å². The predicted octanol–water partition coefficient (Wildman–Crippen LogP) is -0.858. The molecule has 0 aromatic rings. The maximum atomic E-state index is 12.1. The first-order valence-electron chi connectivity index (χ1n) is 6.91. The molecule has 0 aromatic carbocycles. The van der Waals surface area contributed by atoms with Gasteiger partial charge in [0.05, 0.1) is 0 Å². The lowest BCUT2D eigenvalue weighted by Gasteiger charge is -2.22. The van der Waals surface area contributed by atoms with E-state index in [1.54, 1.807) is 0 Å². The molecule has 26 heavy (non-hydrogen) atoms. The molecule has 12 N–H and O–H groups in total. The van der Waals surface area contributed by atoms with Gasteiger partial charge in [-0.05, 0) is 38.8 Å². The molecule has 14 heteroatoms. The van der Waals surface area contributed by atoms with Gasteiger partial charge in [-0.3, -0.25) is 0 Å². The molecule has 0 saturated heterocycles. The zero-order valence-electron chi connectivity index (χ0n) is 13.8. The van der Waals surface area contributed by atoms with Crippen LogP contribution in [0.3, 0.4) is 0 Å². The zero-order chi connectivity index (χ0) is 19.6. The van der Waals surface area contributed by atoms with Crippen molar-refractivity contribution in [1.29, 1.82) is 0 Å². The molecule has 2 atom stereocenters. The molecule has 0 saturated carbocycles. The fourth-order valence-electron chi connectivity index (χ4n) is 1.41. The Morgan fingerprint density at radius 1 is 0.808 bits per heavy atom. The summed E-state index contributed by atoms with van der Waals surface area (Å²) in [6, 6.07) is 0. The van der Waals surface area contributed by atoms with Gasteiger partial charge in [0.1, 0.15) is 0 Å². The number of nitrogens with two attached hydrogens (primary N) is 4. The fraction of sp³-hybridized carbons (Fsp3) is 0.833. The van der Waals surface area contributed by atoms with Crippen LogP contribution in [-0.2, 0) is 9.59 Å². The highest BCUT2D eigenvalue weighted by atomic mass is 35.5. The van der Waals surface area contributed by atoms with Crippen molar-refractivity contribution in [1.82, 2.24) is 0 Å². The molecule has 0 radical (unpaired) electrons. The molecule has 0 aromatic heterocycles. The molecule has 0 aliphatic heterocycles. The van der Waals surface area contributed by atoms with Gasteiger partial charge in [0, 0.05) is 0 Å². The van der Waals surface area contributed by atoms with Crippen LogP contribution in [0.15, 0.2) is 0 Å². The standard InChI is InChI=1S/2C6H12F2N2O2.ClH.H2O/c2*7-4(8)6(10,5(11)12)2-1-3-9;;/h2*4H,1-3,9-10H2,(H,11,12);1H;1H2. The molecule has 9 nitrogen and oxygen atoms in total. The van der Waals surface area contributed by atoms with E-state index in [9.17, 15) is 27.2 Å². The molecule has 0 rings (SSSR count). The molecule has 0 heterocycles. The number of carbonyl (C=O) groups is 2. The van der Waals surface area contributed by atoms with Crippen molar-refractivity contribution in [3.63, 3.8) is 0 Å². The van der Waals surface area contributed by atoms with E-state index in [1.165, 1.54) is 0 Å². The molecular formula is C12H27ClF4N4O5. The van der Waals surface area contributed by atoms with Gasteiger partial charge in [-0.2, -0.15) is 0 Å². The number of carboxylic acid groups (broad SMARTS) is 2. The van der Waals surface area contributed by atoms with Gasteiger partial charge in [-0.1, -0.05) is 0 Å². The Kier molecular flexibility index (Phi) is 18.5. The maximum Gasteiger partial charge on any atom is 0.329 e. The van der Waals surface area contributed by atoms with E-state index >= 15 is 0 Å². The van der Waals surface area contributed by atoms with Crippen molar-refractivity contribution in [3.05, 3.63) is 0 Å². The summed E-state index contributed by atoms with van der Waals surface area (Å²) < 4.78 is 48.4.